The Kier molecular flexibility index (Phi) is 4.88. The summed E-state index contributed by atoms with van der Waals surface area (Å²) in [5.41, 5.74) is 1.76. The summed E-state index contributed by atoms with van der Waals surface area (Å²) in [6.45, 7) is 2.11. The van der Waals surface area contributed by atoms with Crippen molar-refractivity contribution in [2.45, 2.75) is 13.5 Å². The van der Waals surface area contributed by atoms with E-state index in [0.29, 0.717) is 11.4 Å². The normalized spacial score (nSPS) is 9.70. The molecule has 5 heteroatoms. The van der Waals surface area contributed by atoms with Crippen LogP contribution in [-0.4, -0.2) is 22.6 Å². The third-order valence-corrected chi connectivity index (χ3v) is 3.73. The van der Waals surface area contributed by atoms with Gasteiger partial charge < -0.3 is 10.4 Å². The Hall–Kier alpha value is -2.16. The summed E-state index contributed by atoms with van der Waals surface area (Å²) in [6.07, 6.45) is 1.69. The van der Waals surface area contributed by atoms with Crippen LogP contribution in [0.15, 0.2) is 30.5 Å². The molecule has 0 saturated carbocycles. The lowest BCUT2D eigenvalue weighted by Crippen LogP contribution is -2.22. The monoisotopic (exact) mass is 286 g/mol. The number of amides is 1. The number of aliphatic hydroxyl groups excluding tert-OH is 1. The molecule has 1 amide bonds. The molecule has 2 N–H and O–H groups in total. The Labute approximate surface area is 121 Å². The van der Waals surface area contributed by atoms with Crippen LogP contribution in [0.4, 0.5) is 0 Å². The summed E-state index contributed by atoms with van der Waals surface area (Å²) in [5.74, 6) is 5.29. The number of aromatic nitrogens is 1. The quantitative estimate of drug-likeness (QED) is 0.845. The van der Waals surface area contributed by atoms with Crippen molar-refractivity contribution in [2.24, 2.45) is 0 Å². The van der Waals surface area contributed by atoms with Crippen LogP contribution in [0.2, 0.25) is 0 Å². The molecule has 0 unspecified atom stereocenters. The summed E-state index contributed by atoms with van der Waals surface area (Å²) in [5, 5.41) is 11.5. The SMILES string of the molecule is Cc1cc(C(=O)NCc2ccccn2)sc1C#CCO. The first-order valence-electron chi connectivity index (χ1n) is 6.09. The lowest BCUT2D eigenvalue weighted by Gasteiger charge is -2.02. The molecule has 2 rings (SSSR count). The lowest BCUT2D eigenvalue weighted by molar-refractivity contribution is 0.0954. The van der Waals surface area contributed by atoms with Crippen molar-refractivity contribution in [1.29, 1.82) is 0 Å². The second-order valence-corrected chi connectivity index (χ2v) is 5.14. The van der Waals surface area contributed by atoms with Gasteiger partial charge in [-0.1, -0.05) is 17.9 Å². The molecule has 0 aliphatic rings. The van der Waals surface area contributed by atoms with Gasteiger partial charge >= 0.3 is 0 Å². The number of hydrogen-bond donors (Lipinski definition) is 2. The Morgan fingerprint density at radius 2 is 2.35 bits per heavy atom. The van der Waals surface area contributed by atoms with Gasteiger partial charge in [0, 0.05) is 6.20 Å². The molecule has 20 heavy (non-hydrogen) atoms. The van der Waals surface area contributed by atoms with Crippen LogP contribution in [0.1, 0.15) is 25.8 Å². The van der Waals surface area contributed by atoms with Crippen LogP contribution in [0.3, 0.4) is 0 Å². The Bertz CT molecular complexity index is 654. The highest BCUT2D eigenvalue weighted by Gasteiger charge is 2.11. The number of carbonyl (C=O) groups is 1. The van der Waals surface area contributed by atoms with Gasteiger partial charge in [0.15, 0.2) is 0 Å². The highest BCUT2D eigenvalue weighted by atomic mass is 32.1. The largest absolute Gasteiger partial charge is 0.384 e. The number of thiophene rings is 1. The average molecular weight is 286 g/mol. The van der Waals surface area contributed by atoms with E-state index in [1.165, 1.54) is 11.3 Å². The molecule has 4 nitrogen and oxygen atoms in total. The number of aryl methyl sites for hydroxylation is 1. The molecule has 2 aromatic heterocycles. The molecule has 0 aliphatic heterocycles. The molecular formula is C15H14N2O2S. The maximum absolute atomic E-state index is 12.0. The average Bonchev–Trinajstić information content (AvgIpc) is 2.85. The third kappa shape index (κ3) is 3.67. The zero-order valence-corrected chi connectivity index (χ0v) is 11.8. The van der Waals surface area contributed by atoms with E-state index in [4.69, 9.17) is 5.11 Å². The molecule has 0 bridgehead atoms. The minimum absolute atomic E-state index is 0.138. The van der Waals surface area contributed by atoms with Crippen molar-refractivity contribution in [3.8, 4) is 11.8 Å². The van der Waals surface area contributed by atoms with Crippen molar-refractivity contribution < 1.29 is 9.90 Å². The van der Waals surface area contributed by atoms with Crippen molar-refractivity contribution >= 4 is 17.2 Å². The van der Waals surface area contributed by atoms with Gasteiger partial charge in [-0.25, -0.2) is 0 Å². The molecule has 2 heterocycles. The second-order valence-electron chi connectivity index (χ2n) is 4.09. The lowest BCUT2D eigenvalue weighted by atomic mass is 10.2. The van der Waals surface area contributed by atoms with E-state index >= 15 is 0 Å². The maximum atomic E-state index is 12.0. The van der Waals surface area contributed by atoms with E-state index in [1.54, 1.807) is 12.3 Å². The molecule has 0 saturated heterocycles. The smallest absolute Gasteiger partial charge is 0.261 e. The number of hydrogen-bond acceptors (Lipinski definition) is 4. The molecule has 0 atom stereocenters. The van der Waals surface area contributed by atoms with E-state index in [0.717, 1.165) is 16.1 Å². The van der Waals surface area contributed by atoms with Crippen molar-refractivity contribution in [3.63, 3.8) is 0 Å². The van der Waals surface area contributed by atoms with Crippen molar-refractivity contribution in [2.75, 3.05) is 6.61 Å². The summed E-state index contributed by atoms with van der Waals surface area (Å²) < 4.78 is 0. The predicted octanol–water partition coefficient (Wildman–Crippen LogP) is 1.73. The first kappa shape index (κ1) is 14.3. The fourth-order valence-corrected chi connectivity index (χ4v) is 2.56. The van der Waals surface area contributed by atoms with Gasteiger partial charge in [-0.15, -0.1) is 11.3 Å². The van der Waals surface area contributed by atoms with Gasteiger partial charge in [0.05, 0.1) is 22.0 Å². The number of aliphatic hydroxyl groups is 1. The van der Waals surface area contributed by atoms with E-state index < -0.39 is 0 Å². The zero-order chi connectivity index (χ0) is 14.4. The molecule has 102 valence electrons. The number of rotatable bonds is 3. The number of pyridine rings is 1. The van der Waals surface area contributed by atoms with Crippen molar-refractivity contribution in [1.82, 2.24) is 10.3 Å². The van der Waals surface area contributed by atoms with E-state index in [-0.39, 0.29) is 12.5 Å². The van der Waals surface area contributed by atoms with Crippen LogP contribution < -0.4 is 5.32 Å². The number of nitrogens with one attached hydrogen (secondary N) is 1. The topological polar surface area (TPSA) is 62.2 Å². The number of carbonyl (C=O) groups excluding carboxylic acids is 1. The van der Waals surface area contributed by atoms with Gasteiger partial charge in [-0.05, 0) is 30.7 Å². The first-order valence-corrected chi connectivity index (χ1v) is 6.90. The van der Waals surface area contributed by atoms with Crippen LogP contribution in [0.25, 0.3) is 0 Å². The van der Waals surface area contributed by atoms with Crippen molar-refractivity contribution in [3.05, 3.63) is 51.5 Å². The van der Waals surface area contributed by atoms with Gasteiger partial charge in [-0.2, -0.15) is 0 Å². The first-order chi connectivity index (χ1) is 9.70. The van der Waals surface area contributed by atoms with E-state index in [9.17, 15) is 4.79 Å². The van der Waals surface area contributed by atoms with Crippen LogP contribution in [0.5, 0.6) is 0 Å². The fraction of sp³-hybridized carbons (Fsp3) is 0.200. The Balaban J connectivity index is 2.03. The Morgan fingerprint density at radius 1 is 1.50 bits per heavy atom. The van der Waals surface area contributed by atoms with Crippen LogP contribution in [0, 0.1) is 18.8 Å². The zero-order valence-electron chi connectivity index (χ0n) is 11.0. The molecule has 0 aliphatic carbocycles. The second kappa shape index (κ2) is 6.85. The minimum atomic E-state index is -0.182. The predicted molar refractivity (Wildman–Crippen MR) is 78.4 cm³/mol. The maximum Gasteiger partial charge on any atom is 0.261 e. The van der Waals surface area contributed by atoms with E-state index in [2.05, 4.69) is 22.1 Å². The van der Waals surface area contributed by atoms with Gasteiger partial charge in [0.2, 0.25) is 0 Å². The summed E-state index contributed by atoms with van der Waals surface area (Å²) in [4.78, 5) is 17.6. The summed E-state index contributed by atoms with van der Waals surface area (Å²) in [6, 6.07) is 7.38. The third-order valence-electron chi connectivity index (χ3n) is 2.58. The van der Waals surface area contributed by atoms with Crippen LogP contribution >= 0.6 is 11.3 Å². The summed E-state index contributed by atoms with van der Waals surface area (Å²) >= 11 is 1.33. The molecular weight excluding hydrogens is 272 g/mol. The fourth-order valence-electron chi connectivity index (χ4n) is 1.60. The molecule has 0 fully saturated rings. The van der Waals surface area contributed by atoms with E-state index in [1.807, 2.05) is 25.1 Å². The highest BCUT2D eigenvalue weighted by molar-refractivity contribution is 7.14. The molecule has 0 radical (unpaired) electrons. The van der Waals surface area contributed by atoms with Gasteiger partial charge in [0.25, 0.3) is 5.91 Å². The van der Waals surface area contributed by atoms with Gasteiger partial charge in [0.1, 0.15) is 6.61 Å². The molecule has 0 spiro atoms. The Morgan fingerprint density at radius 3 is 3.05 bits per heavy atom. The molecule has 2 aromatic rings. The standard InChI is InChI=1S/C15H14N2O2S/c1-11-9-14(20-13(11)6-4-8-18)15(19)17-10-12-5-2-3-7-16-12/h2-3,5,7,9,18H,8,10H2,1H3,(H,17,19). The van der Waals surface area contributed by atoms with Gasteiger partial charge in [-0.3, -0.25) is 9.78 Å². The molecule has 0 aromatic carbocycles. The van der Waals surface area contributed by atoms with Crippen LogP contribution in [-0.2, 0) is 6.54 Å². The minimum Gasteiger partial charge on any atom is -0.384 e. The summed E-state index contributed by atoms with van der Waals surface area (Å²) in [7, 11) is 0. The number of nitrogens with zero attached hydrogens (tertiary/aromatic N) is 1. The highest BCUT2D eigenvalue weighted by Crippen LogP contribution is 2.20.